The summed E-state index contributed by atoms with van der Waals surface area (Å²) in [7, 11) is 0. The molecule has 0 saturated heterocycles. The first-order chi connectivity index (χ1) is 6.06. The van der Waals surface area contributed by atoms with Crippen molar-refractivity contribution in [3.8, 4) is 0 Å². The quantitative estimate of drug-likeness (QED) is 0.553. The molecule has 0 spiro atoms. The van der Waals surface area contributed by atoms with Crippen LogP contribution < -0.4 is 0 Å². The van der Waals surface area contributed by atoms with Crippen LogP contribution in [0.4, 0.5) is 4.39 Å². The van der Waals surface area contributed by atoms with Crippen molar-refractivity contribution >= 4 is 29.0 Å². The standard InChI is InChI=1S/C9H7Cl2FO/c1-5-2-6(11)3-7(12)9(5)8(13)4-10/h2-3H,4H2,1H3. The third-order valence-electron chi connectivity index (χ3n) is 1.65. The van der Waals surface area contributed by atoms with Crippen molar-refractivity contribution in [1.29, 1.82) is 0 Å². The Morgan fingerprint density at radius 3 is 2.62 bits per heavy atom. The minimum absolute atomic E-state index is 0.0272. The topological polar surface area (TPSA) is 17.1 Å². The van der Waals surface area contributed by atoms with Crippen molar-refractivity contribution in [3.05, 3.63) is 34.1 Å². The number of carbonyl (C=O) groups is 1. The maximum atomic E-state index is 13.2. The maximum Gasteiger partial charge on any atom is 0.180 e. The molecule has 0 atom stereocenters. The molecule has 0 N–H and O–H groups in total. The minimum Gasteiger partial charge on any atom is -0.293 e. The van der Waals surface area contributed by atoms with E-state index >= 15 is 0 Å². The second kappa shape index (κ2) is 4.07. The normalized spacial score (nSPS) is 10.2. The van der Waals surface area contributed by atoms with Crippen LogP contribution in [0.2, 0.25) is 5.02 Å². The van der Waals surface area contributed by atoms with Crippen LogP contribution in [0.3, 0.4) is 0 Å². The highest BCUT2D eigenvalue weighted by Crippen LogP contribution is 2.20. The van der Waals surface area contributed by atoms with Crippen LogP contribution in [0.5, 0.6) is 0 Å². The SMILES string of the molecule is Cc1cc(Cl)cc(F)c1C(=O)CCl. The van der Waals surface area contributed by atoms with Gasteiger partial charge in [-0.05, 0) is 24.6 Å². The molecule has 70 valence electrons. The largest absolute Gasteiger partial charge is 0.293 e. The van der Waals surface area contributed by atoms with Crippen LogP contribution >= 0.6 is 23.2 Å². The Morgan fingerprint density at radius 2 is 2.15 bits per heavy atom. The lowest BCUT2D eigenvalue weighted by Crippen LogP contribution is -2.06. The van der Waals surface area contributed by atoms with Crippen molar-refractivity contribution in [1.82, 2.24) is 0 Å². The first-order valence-electron chi connectivity index (χ1n) is 3.61. The third kappa shape index (κ3) is 2.20. The van der Waals surface area contributed by atoms with Gasteiger partial charge in [-0.1, -0.05) is 11.6 Å². The lowest BCUT2D eigenvalue weighted by molar-refractivity contribution is 0.101. The van der Waals surface area contributed by atoms with Gasteiger partial charge in [0.15, 0.2) is 5.78 Å². The molecule has 0 bridgehead atoms. The molecule has 1 aromatic carbocycles. The van der Waals surface area contributed by atoms with E-state index in [-0.39, 0.29) is 16.5 Å². The fraction of sp³-hybridized carbons (Fsp3) is 0.222. The fourth-order valence-electron chi connectivity index (χ4n) is 1.12. The molecule has 0 saturated carbocycles. The van der Waals surface area contributed by atoms with Gasteiger partial charge in [-0.3, -0.25) is 4.79 Å². The van der Waals surface area contributed by atoms with Gasteiger partial charge in [-0.15, -0.1) is 11.6 Å². The molecular formula is C9H7Cl2FO. The number of alkyl halides is 1. The molecule has 1 nitrogen and oxygen atoms in total. The lowest BCUT2D eigenvalue weighted by atomic mass is 10.1. The summed E-state index contributed by atoms with van der Waals surface area (Å²) >= 11 is 10.9. The van der Waals surface area contributed by atoms with Crippen LogP contribution in [0, 0.1) is 12.7 Å². The number of hydrogen-bond donors (Lipinski definition) is 0. The molecule has 4 heteroatoms. The molecule has 0 aliphatic carbocycles. The Labute approximate surface area is 85.5 Å². The highest BCUT2D eigenvalue weighted by Gasteiger charge is 2.14. The molecule has 0 aliphatic rings. The maximum absolute atomic E-state index is 13.2. The summed E-state index contributed by atoms with van der Waals surface area (Å²) in [5.74, 6) is -1.26. The van der Waals surface area contributed by atoms with E-state index in [1.807, 2.05) is 0 Å². The molecule has 1 rings (SSSR count). The van der Waals surface area contributed by atoms with Gasteiger partial charge in [0.2, 0.25) is 0 Å². The van der Waals surface area contributed by atoms with E-state index in [0.29, 0.717) is 5.56 Å². The van der Waals surface area contributed by atoms with Crippen molar-refractivity contribution in [2.24, 2.45) is 0 Å². The van der Waals surface area contributed by atoms with Crippen LogP contribution in [0.15, 0.2) is 12.1 Å². The van der Waals surface area contributed by atoms with Crippen molar-refractivity contribution in [3.63, 3.8) is 0 Å². The molecule has 1 aromatic rings. The number of rotatable bonds is 2. The number of carbonyl (C=O) groups excluding carboxylic acids is 1. The molecule has 0 aromatic heterocycles. The smallest absolute Gasteiger partial charge is 0.180 e. The molecule has 0 fully saturated rings. The molecule has 0 aliphatic heterocycles. The van der Waals surface area contributed by atoms with Crippen LogP contribution in [-0.4, -0.2) is 11.7 Å². The van der Waals surface area contributed by atoms with E-state index in [1.165, 1.54) is 6.07 Å². The fourth-order valence-corrected chi connectivity index (χ4v) is 1.52. The summed E-state index contributed by atoms with van der Waals surface area (Å²) < 4.78 is 13.2. The van der Waals surface area contributed by atoms with E-state index in [9.17, 15) is 9.18 Å². The summed E-state index contributed by atoms with van der Waals surface area (Å²) in [6.45, 7) is 1.62. The average molecular weight is 221 g/mol. The highest BCUT2D eigenvalue weighted by molar-refractivity contribution is 6.32. The monoisotopic (exact) mass is 220 g/mol. The van der Waals surface area contributed by atoms with Gasteiger partial charge in [0.05, 0.1) is 11.4 Å². The minimum atomic E-state index is -0.615. The summed E-state index contributed by atoms with van der Waals surface area (Å²) in [6.07, 6.45) is 0. The number of benzene rings is 1. The van der Waals surface area contributed by atoms with E-state index in [1.54, 1.807) is 6.92 Å². The van der Waals surface area contributed by atoms with Crippen LogP contribution in [-0.2, 0) is 0 Å². The van der Waals surface area contributed by atoms with E-state index in [2.05, 4.69) is 0 Å². The number of aryl methyl sites for hydroxylation is 1. The summed E-state index contributed by atoms with van der Waals surface area (Å²) in [5, 5.41) is 0.279. The average Bonchev–Trinajstić information content (AvgIpc) is 2.02. The Kier molecular flexibility index (Phi) is 3.28. The predicted molar refractivity (Wildman–Crippen MR) is 51.2 cm³/mol. The molecular weight excluding hydrogens is 214 g/mol. The van der Waals surface area contributed by atoms with Gasteiger partial charge in [-0.25, -0.2) is 4.39 Å². The number of Topliss-reactive ketones (excluding diaryl/α,β-unsaturated/α-hetero) is 1. The second-order valence-electron chi connectivity index (χ2n) is 2.64. The van der Waals surface area contributed by atoms with Crippen molar-refractivity contribution in [2.75, 3.05) is 5.88 Å². The molecule has 0 radical (unpaired) electrons. The first kappa shape index (κ1) is 10.5. The Bertz CT molecular complexity index is 326. The number of halogens is 3. The molecule has 0 heterocycles. The zero-order chi connectivity index (χ0) is 10.0. The van der Waals surface area contributed by atoms with Crippen LogP contribution in [0.1, 0.15) is 15.9 Å². The molecule has 13 heavy (non-hydrogen) atoms. The van der Waals surface area contributed by atoms with E-state index < -0.39 is 11.6 Å². The number of ketones is 1. The van der Waals surface area contributed by atoms with Gasteiger partial charge in [-0.2, -0.15) is 0 Å². The van der Waals surface area contributed by atoms with E-state index in [0.717, 1.165) is 6.07 Å². The summed E-state index contributed by atoms with van der Waals surface area (Å²) in [6, 6.07) is 2.64. The Hall–Kier alpha value is -0.600. The lowest BCUT2D eigenvalue weighted by Gasteiger charge is -2.04. The van der Waals surface area contributed by atoms with E-state index in [4.69, 9.17) is 23.2 Å². The first-order valence-corrected chi connectivity index (χ1v) is 4.52. The van der Waals surface area contributed by atoms with Crippen molar-refractivity contribution < 1.29 is 9.18 Å². The van der Waals surface area contributed by atoms with Gasteiger partial charge in [0.25, 0.3) is 0 Å². The predicted octanol–water partition coefficient (Wildman–Crippen LogP) is 3.21. The Morgan fingerprint density at radius 1 is 1.54 bits per heavy atom. The zero-order valence-corrected chi connectivity index (χ0v) is 8.42. The summed E-state index contributed by atoms with van der Waals surface area (Å²) in [4.78, 5) is 11.2. The third-order valence-corrected chi connectivity index (χ3v) is 2.11. The van der Waals surface area contributed by atoms with Gasteiger partial charge < -0.3 is 0 Å². The van der Waals surface area contributed by atoms with Gasteiger partial charge in [0, 0.05) is 5.02 Å². The van der Waals surface area contributed by atoms with Crippen LogP contribution in [0.25, 0.3) is 0 Å². The molecule has 0 amide bonds. The van der Waals surface area contributed by atoms with Crippen molar-refractivity contribution in [2.45, 2.75) is 6.92 Å². The summed E-state index contributed by atoms with van der Waals surface area (Å²) in [5.41, 5.74) is 0.537. The number of hydrogen-bond acceptors (Lipinski definition) is 1. The Balaban J connectivity index is 3.28. The molecule has 0 unspecified atom stereocenters. The zero-order valence-electron chi connectivity index (χ0n) is 6.90. The van der Waals surface area contributed by atoms with Gasteiger partial charge >= 0.3 is 0 Å². The van der Waals surface area contributed by atoms with Gasteiger partial charge in [0.1, 0.15) is 5.82 Å². The highest BCUT2D eigenvalue weighted by atomic mass is 35.5. The second-order valence-corrected chi connectivity index (χ2v) is 3.34.